The molecule has 2 rings (SSSR count). The number of esters is 1. The molecule has 0 heterocycles. The van der Waals surface area contributed by atoms with Crippen LogP contribution in [0.4, 0.5) is 5.69 Å². The van der Waals surface area contributed by atoms with E-state index in [9.17, 15) is 19.5 Å². The topological polar surface area (TPSA) is 95.9 Å². The van der Waals surface area contributed by atoms with Crippen LogP contribution in [0, 0.1) is 0 Å². The van der Waals surface area contributed by atoms with Crippen LogP contribution in [-0.2, 0) is 9.53 Å². The molecule has 0 aromatic heterocycles. The number of carbonyl (C=O) groups excluding carboxylic acids is 2. The third-order valence-electron chi connectivity index (χ3n) is 4.57. The number of carbonyl (C=O) groups is 3. The molecule has 2 aromatic carbocycles. The van der Waals surface area contributed by atoms with Crippen LogP contribution in [0.2, 0.25) is 0 Å². The average Bonchev–Trinajstić information content (AvgIpc) is 2.77. The fourth-order valence-electron chi connectivity index (χ4n) is 2.72. The summed E-state index contributed by atoms with van der Waals surface area (Å²) in [4.78, 5) is 38.2. The van der Waals surface area contributed by atoms with Crippen LogP contribution in [0.15, 0.2) is 64.8 Å². The van der Waals surface area contributed by atoms with E-state index in [1.807, 2.05) is 13.8 Å². The van der Waals surface area contributed by atoms with Gasteiger partial charge in [-0.1, -0.05) is 29.8 Å². The Bertz CT molecular complexity index is 935. The first-order valence-electron chi connectivity index (χ1n) is 9.85. The van der Waals surface area contributed by atoms with Gasteiger partial charge < -0.3 is 20.1 Å². The van der Waals surface area contributed by atoms with Crippen molar-refractivity contribution in [2.45, 2.75) is 13.8 Å². The van der Waals surface area contributed by atoms with Crippen molar-refractivity contribution in [2.75, 3.05) is 31.6 Å². The van der Waals surface area contributed by atoms with E-state index in [1.54, 1.807) is 36.4 Å². The Kier molecular flexibility index (Phi) is 9.42. The Balaban J connectivity index is 2.02. The van der Waals surface area contributed by atoms with Gasteiger partial charge in [-0.2, -0.15) is 0 Å². The van der Waals surface area contributed by atoms with E-state index in [1.165, 1.54) is 12.1 Å². The van der Waals surface area contributed by atoms with Crippen LogP contribution >= 0.6 is 15.9 Å². The highest BCUT2D eigenvalue weighted by atomic mass is 79.9. The number of anilines is 1. The molecule has 164 valence electrons. The molecule has 0 amide bonds. The standard InChI is InChI=1S/C23H25BrN2O5/c1-3-26(4-2)13-14-31-23(30)17-7-11-19(12-8-17)25-20(22(28)29)15-21(27)16-5-9-18(24)10-6-16/h5-12,15,25H,3-4,13-14H2,1-2H3,(H,28,29)/b20-15-. The number of aliphatic carboxylic acids is 1. The predicted molar refractivity (Wildman–Crippen MR) is 122 cm³/mol. The van der Waals surface area contributed by atoms with Crippen molar-refractivity contribution < 1.29 is 24.2 Å². The first kappa shape index (κ1) is 24.3. The summed E-state index contributed by atoms with van der Waals surface area (Å²) in [6.45, 7) is 6.82. The second-order valence-electron chi connectivity index (χ2n) is 6.60. The van der Waals surface area contributed by atoms with Gasteiger partial charge in [0.25, 0.3) is 0 Å². The van der Waals surface area contributed by atoms with Crippen molar-refractivity contribution in [1.82, 2.24) is 4.90 Å². The van der Waals surface area contributed by atoms with E-state index < -0.39 is 17.7 Å². The van der Waals surface area contributed by atoms with E-state index in [2.05, 4.69) is 26.1 Å². The van der Waals surface area contributed by atoms with Crippen LogP contribution in [0.5, 0.6) is 0 Å². The summed E-state index contributed by atoms with van der Waals surface area (Å²) >= 11 is 3.29. The normalized spacial score (nSPS) is 11.3. The molecule has 0 fully saturated rings. The third-order valence-corrected chi connectivity index (χ3v) is 5.10. The van der Waals surface area contributed by atoms with Crippen molar-refractivity contribution in [2.24, 2.45) is 0 Å². The Morgan fingerprint density at radius 1 is 1.00 bits per heavy atom. The van der Waals surface area contributed by atoms with Gasteiger partial charge >= 0.3 is 11.9 Å². The average molecular weight is 489 g/mol. The molecular formula is C23H25BrN2O5. The molecule has 8 heteroatoms. The summed E-state index contributed by atoms with van der Waals surface area (Å²) in [5.41, 5.74) is 0.878. The number of carboxylic acid groups (broad SMARTS) is 1. The summed E-state index contributed by atoms with van der Waals surface area (Å²) in [6.07, 6.45) is 1.03. The molecule has 0 radical (unpaired) electrons. The number of nitrogens with zero attached hydrogens (tertiary/aromatic N) is 1. The zero-order valence-electron chi connectivity index (χ0n) is 17.4. The lowest BCUT2D eigenvalue weighted by Crippen LogP contribution is -2.27. The summed E-state index contributed by atoms with van der Waals surface area (Å²) in [5, 5.41) is 12.1. The summed E-state index contributed by atoms with van der Waals surface area (Å²) < 4.78 is 6.09. The highest BCUT2D eigenvalue weighted by Gasteiger charge is 2.13. The zero-order chi connectivity index (χ0) is 22.8. The molecular weight excluding hydrogens is 464 g/mol. The van der Waals surface area contributed by atoms with Crippen molar-refractivity contribution in [3.63, 3.8) is 0 Å². The monoisotopic (exact) mass is 488 g/mol. The Labute approximate surface area is 189 Å². The van der Waals surface area contributed by atoms with Gasteiger partial charge in [0.2, 0.25) is 0 Å². The second kappa shape index (κ2) is 12.0. The number of carboxylic acids is 1. The summed E-state index contributed by atoms with van der Waals surface area (Å²) in [7, 11) is 0. The maximum absolute atomic E-state index is 12.3. The van der Waals surface area contributed by atoms with Gasteiger partial charge in [0.05, 0.1) is 5.56 Å². The number of ether oxygens (including phenoxy) is 1. The van der Waals surface area contributed by atoms with Crippen LogP contribution in [0.25, 0.3) is 0 Å². The number of allylic oxidation sites excluding steroid dienone is 1. The molecule has 2 aromatic rings. The van der Waals surface area contributed by atoms with Crippen molar-refractivity contribution in [1.29, 1.82) is 0 Å². The maximum atomic E-state index is 12.3. The van der Waals surface area contributed by atoms with E-state index >= 15 is 0 Å². The van der Waals surface area contributed by atoms with E-state index in [0.29, 0.717) is 30.0 Å². The molecule has 0 saturated carbocycles. The SMILES string of the molecule is CCN(CC)CCOC(=O)c1ccc(N/C(=C\C(=O)c2ccc(Br)cc2)C(=O)O)cc1. The summed E-state index contributed by atoms with van der Waals surface area (Å²) in [6, 6.07) is 12.8. The molecule has 0 unspecified atom stereocenters. The fourth-order valence-corrected chi connectivity index (χ4v) is 2.98. The van der Waals surface area contributed by atoms with Gasteiger partial charge in [-0.3, -0.25) is 4.79 Å². The minimum atomic E-state index is -1.27. The molecule has 0 saturated heterocycles. The van der Waals surface area contributed by atoms with Gasteiger partial charge in [0.1, 0.15) is 12.3 Å². The molecule has 7 nitrogen and oxygen atoms in total. The Morgan fingerprint density at radius 3 is 2.13 bits per heavy atom. The lowest BCUT2D eigenvalue weighted by Gasteiger charge is -2.17. The molecule has 0 spiro atoms. The minimum absolute atomic E-state index is 0.275. The van der Waals surface area contributed by atoms with E-state index in [4.69, 9.17) is 4.74 Å². The van der Waals surface area contributed by atoms with Crippen molar-refractivity contribution >= 4 is 39.3 Å². The molecule has 0 aliphatic heterocycles. The summed E-state index contributed by atoms with van der Waals surface area (Å²) in [5.74, 6) is -2.16. The Morgan fingerprint density at radius 2 is 1.58 bits per heavy atom. The number of hydrogen-bond acceptors (Lipinski definition) is 6. The number of rotatable bonds is 11. The van der Waals surface area contributed by atoms with Crippen LogP contribution in [-0.4, -0.2) is 54.0 Å². The number of ketones is 1. The van der Waals surface area contributed by atoms with Crippen LogP contribution in [0.1, 0.15) is 34.6 Å². The predicted octanol–water partition coefficient (Wildman–Crippen LogP) is 4.21. The van der Waals surface area contributed by atoms with Crippen molar-refractivity contribution in [3.05, 3.63) is 75.9 Å². The number of benzene rings is 2. The van der Waals surface area contributed by atoms with Gasteiger partial charge in [0, 0.05) is 28.3 Å². The number of halogens is 1. The van der Waals surface area contributed by atoms with Crippen LogP contribution in [0.3, 0.4) is 0 Å². The first-order chi connectivity index (χ1) is 14.8. The first-order valence-corrected chi connectivity index (χ1v) is 10.6. The minimum Gasteiger partial charge on any atom is -0.477 e. The zero-order valence-corrected chi connectivity index (χ0v) is 19.0. The quantitative estimate of drug-likeness (QED) is 0.277. The third kappa shape index (κ3) is 7.66. The smallest absolute Gasteiger partial charge is 0.352 e. The largest absolute Gasteiger partial charge is 0.477 e. The number of nitrogens with one attached hydrogen (secondary N) is 1. The van der Waals surface area contributed by atoms with Crippen molar-refractivity contribution in [3.8, 4) is 0 Å². The lowest BCUT2D eigenvalue weighted by atomic mass is 10.1. The van der Waals surface area contributed by atoms with E-state index in [-0.39, 0.29) is 5.70 Å². The maximum Gasteiger partial charge on any atom is 0.352 e. The highest BCUT2D eigenvalue weighted by molar-refractivity contribution is 9.10. The lowest BCUT2D eigenvalue weighted by molar-refractivity contribution is -0.132. The molecule has 0 atom stereocenters. The molecule has 31 heavy (non-hydrogen) atoms. The Hall–Kier alpha value is -2.97. The number of likely N-dealkylation sites (N-methyl/N-ethyl adjacent to an activating group) is 1. The molecule has 0 aliphatic rings. The van der Waals surface area contributed by atoms with Gasteiger partial charge in [-0.25, -0.2) is 9.59 Å². The number of hydrogen-bond donors (Lipinski definition) is 2. The van der Waals surface area contributed by atoms with Gasteiger partial charge in [-0.05, 0) is 61.6 Å². The van der Waals surface area contributed by atoms with Gasteiger partial charge in [-0.15, -0.1) is 0 Å². The highest BCUT2D eigenvalue weighted by Crippen LogP contribution is 2.15. The molecule has 2 N–H and O–H groups in total. The van der Waals surface area contributed by atoms with Gasteiger partial charge in [0.15, 0.2) is 5.78 Å². The van der Waals surface area contributed by atoms with E-state index in [0.717, 1.165) is 23.6 Å². The van der Waals surface area contributed by atoms with Crippen LogP contribution < -0.4 is 5.32 Å². The molecule has 0 bridgehead atoms. The molecule has 0 aliphatic carbocycles. The fraction of sp³-hybridized carbons (Fsp3) is 0.261. The second-order valence-corrected chi connectivity index (χ2v) is 7.52.